The van der Waals surface area contributed by atoms with Crippen molar-refractivity contribution in [3.8, 4) is 0 Å². The normalized spacial score (nSPS) is 20.4. The Kier molecular flexibility index (Phi) is 2.55. The van der Waals surface area contributed by atoms with Gasteiger partial charge in [-0.3, -0.25) is 4.98 Å². The molecule has 0 aromatic carbocycles. The maximum absolute atomic E-state index is 5.88. The van der Waals surface area contributed by atoms with Gasteiger partial charge in [-0.05, 0) is 44.7 Å². The summed E-state index contributed by atoms with van der Waals surface area (Å²) in [6.07, 6.45) is 4.38. The summed E-state index contributed by atoms with van der Waals surface area (Å²) in [5, 5.41) is 0. The standard InChI is InChI=1S/C12H17NO/c1-3-14-12(2,10-7-8-10)11-6-4-5-9-13-11/h4-6,9-10H,3,7-8H2,1-2H3. The molecule has 1 saturated carbocycles. The molecule has 1 aliphatic rings. The molecule has 2 nitrogen and oxygen atoms in total. The molecule has 2 rings (SSSR count). The van der Waals surface area contributed by atoms with E-state index in [1.54, 1.807) is 0 Å². The van der Waals surface area contributed by atoms with Gasteiger partial charge >= 0.3 is 0 Å². The highest BCUT2D eigenvalue weighted by atomic mass is 16.5. The van der Waals surface area contributed by atoms with Gasteiger partial charge in [0.2, 0.25) is 0 Å². The molecule has 2 heteroatoms. The van der Waals surface area contributed by atoms with Gasteiger partial charge in [-0.1, -0.05) is 6.07 Å². The van der Waals surface area contributed by atoms with E-state index in [1.807, 2.05) is 25.3 Å². The van der Waals surface area contributed by atoms with E-state index in [2.05, 4.69) is 18.0 Å². The summed E-state index contributed by atoms with van der Waals surface area (Å²) in [6, 6.07) is 6.04. The second kappa shape index (κ2) is 3.70. The van der Waals surface area contributed by atoms with Crippen LogP contribution >= 0.6 is 0 Å². The number of hydrogen-bond donors (Lipinski definition) is 0. The van der Waals surface area contributed by atoms with Gasteiger partial charge < -0.3 is 4.74 Å². The minimum atomic E-state index is -0.157. The molecule has 1 aromatic heterocycles. The number of ether oxygens (including phenoxy) is 1. The molecule has 0 radical (unpaired) electrons. The molecule has 0 amide bonds. The van der Waals surface area contributed by atoms with Crippen molar-refractivity contribution in [2.45, 2.75) is 32.3 Å². The Balaban J connectivity index is 2.26. The molecule has 14 heavy (non-hydrogen) atoms. The van der Waals surface area contributed by atoms with Crippen LogP contribution in [0.2, 0.25) is 0 Å². The molecule has 1 fully saturated rings. The second-order valence-electron chi connectivity index (χ2n) is 4.03. The third-order valence-electron chi connectivity index (χ3n) is 2.97. The number of hydrogen-bond acceptors (Lipinski definition) is 2. The van der Waals surface area contributed by atoms with E-state index >= 15 is 0 Å². The summed E-state index contributed by atoms with van der Waals surface area (Å²) in [5.41, 5.74) is 0.917. The number of nitrogens with zero attached hydrogens (tertiary/aromatic N) is 1. The first-order valence-corrected chi connectivity index (χ1v) is 5.33. The fourth-order valence-electron chi connectivity index (χ4n) is 1.99. The van der Waals surface area contributed by atoms with Crippen molar-refractivity contribution >= 4 is 0 Å². The van der Waals surface area contributed by atoms with Gasteiger partial charge in [-0.25, -0.2) is 0 Å². The zero-order valence-corrected chi connectivity index (χ0v) is 8.86. The Morgan fingerprint density at radius 2 is 2.29 bits per heavy atom. The molecule has 0 saturated heterocycles. The number of aromatic nitrogens is 1. The molecule has 0 aliphatic heterocycles. The summed E-state index contributed by atoms with van der Waals surface area (Å²) < 4.78 is 5.88. The van der Waals surface area contributed by atoms with Gasteiger partial charge in [0.05, 0.1) is 5.69 Å². The van der Waals surface area contributed by atoms with Crippen molar-refractivity contribution in [3.05, 3.63) is 30.1 Å². The Morgan fingerprint density at radius 1 is 1.50 bits per heavy atom. The summed E-state index contributed by atoms with van der Waals surface area (Å²) in [6.45, 7) is 4.96. The minimum absolute atomic E-state index is 0.157. The summed E-state index contributed by atoms with van der Waals surface area (Å²) in [7, 11) is 0. The first kappa shape index (κ1) is 9.66. The maximum atomic E-state index is 5.88. The van der Waals surface area contributed by atoms with E-state index in [0.29, 0.717) is 5.92 Å². The average Bonchev–Trinajstić information content (AvgIpc) is 3.03. The molecular weight excluding hydrogens is 174 g/mol. The quantitative estimate of drug-likeness (QED) is 0.730. The highest BCUT2D eigenvalue weighted by Crippen LogP contribution is 2.47. The maximum Gasteiger partial charge on any atom is 0.110 e. The predicted molar refractivity (Wildman–Crippen MR) is 55.9 cm³/mol. The van der Waals surface area contributed by atoms with Crippen LogP contribution in [0.3, 0.4) is 0 Å². The van der Waals surface area contributed by atoms with Crippen LogP contribution in [0.25, 0.3) is 0 Å². The van der Waals surface area contributed by atoms with Crippen molar-refractivity contribution in [1.82, 2.24) is 4.98 Å². The molecule has 1 heterocycles. The van der Waals surface area contributed by atoms with Crippen LogP contribution in [0, 0.1) is 5.92 Å². The van der Waals surface area contributed by atoms with E-state index in [-0.39, 0.29) is 5.60 Å². The number of rotatable bonds is 4. The van der Waals surface area contributed by atoms with E-state index in [1.165, 1.54) is 12.8 Å². The Bertz CT molecular complexity index is 294. The van der Waals surface area contributed by atoms with Crippen LogP contribution in [-0.4, -0.2) is 11.6 Å². The molecule has 0 N–H and O–H groups in total. The fourth-order valence-corrected chi connectivity index (χ4v) is 1.99. The zero-order chi connectivity index (χ0) is 10.0. The molecule has 1 unspecified atom stereocenters. The van der Waals surface area contributed by atoms with E-state index < -0.39 is 0 Å². The van der Waals surface area contributed by atoms with Crippen LogP contribution in [0.15, 0.2) is 24.4 Å². The highest BCUT2D eigenvalue weighted by Gasteiger charge is 2.44. The monoisotopic (exact) mass is 191 g/mol. The van der Waals surface area contributed by atoms with E-state index in [4.69, 9.17) is 4.74 Å². The summed E-state index contributed by atoms with van der Waals surface area (Å²) >= 11 is 0. The van der Waals surface area contributed by atoms with Crippen molar-refractivity contribution in [3.63, 3.8) is 0 Å². The molecule has 0 bridgehead atoms. The van der Waals surface area contributed by atoms with Gasteiger partial charge in [0.1, 0.15) is 5.60 Å². The van der Waals surface area contributed by atoms with Gasteiger partial charge in [0.15, 0.2) is 0 Å². The van der Waals surface area contributed by atoms with Crippen LogP contribution in [0.1, 0.15) is 32.4 Å². The third kappa shape index (κ3) is 1.67. The Labute approximate surface area is 85.3 Å². The van der Waals surface area contributed by atoms with Crippen molar-refractivity contribution in [1.29, 1.82) is 0 Å². The zero-order valence-electron chi connectivity index (χ0n) is 8.86. The van der Waals surface area contributed by atoms with Crippen molar-refractivity contribution in [2.75, 3.05) is 6.61 Å². The lowest BCUT2D eigenvalue weighted by molar-refractivity contribution is -0.0504. The summed E-state index contributed by atoms with van der Waals surface area (Å²) in [4.78, 5) is 4.41. The topological polar surface area (TPSA) is 22.1 Å². The van der Waals surface area contributed by atoms with Gasteiger partial charge in [-0.2, -0.15) is 0 Å². The molecular formula is C12H17NO. The van der Waals surface area contributed by atoms with Crippen molar-refractivity contribution in [2.24, 2.45) is 5.92 Å². The van der Waals surface area contributed by atoms with Crippen LogP contribution in [-0.2, 0) is 10.3 Å². The van der Waals surface area contributed by atoms with Gasteiger partial charge in [0, 0.05) is 12.8 Å². The highest BCUT2D eigenvalue weighted by molar-refractivity contribution is 5.16. The lowest BCUT2D eigenvalue weighted by Gasteiger charge is -2.28. The lowest BCUT2D eigenvalue weighted by atomic mass is 9.95. The van der Waals surface area contributed by atoms with Crippen LogP contribution in [0.5, 0.6) is 0 Å². The first-order chi connectivity index (χ1) is 6.77. The van der Waals surface area contributed by atoms with E-state index in [0.717, 1.165) is 12.3 Å². The molecule has 1 atom stereocenters. The summed E-state index contributed by atoms with van der Waals surface area (Å²) in [5.74, 6) is 0.664. The minimum Gasteiger partial charge on any atom is -0.369 e. The SMILES string of the molecule is CCOC(C)(c1ccccn1)C1CC1. The molecule has 1 aromatic rings. The average molecular weight is 191 g/mol. The molecule has 1 aliphatic carbocycles. The smallest absolute Gasteiger partial charge is 0.110 e. The number of pyridine rings is 1. The fraction of sp³-hybridized carbons (Fsp3) is 0.583. The predicted octanol–water partition coefficient (Wildman–Crippen LogP) is 2.74. The van der Waals surface area contributed by atoms with Crippen LogP contribution in [0.4, 0.5) is 0 Å². The van der Waals surface area contributed by atoms with Gasteiger partial charge in [0.25, 0.3) is 0 Å². The van der Waals surface area contributed by atoms with Crippen molar-refractivity contribution < 1.29 is 4.74 Å². The lowest BCUT2D eigenvalue weighted by Crippen LogP contribution is -2.29. The molecule has 76 valence electrons. The van der Waals surface area contributed by atoms with E-state index in [9.17, 15) is 0 Å². The first-order valence-electron chi connectivity index (χ1n) is 5.33. The Hall–Kier alpha value is -0.890. The molecule has 0 spiro atoms. The second-order valence-corrected chi connectivity index (χ2v) is 4.03. The van der Waals surface area contributed by atoms with Crippen LogP contribution < -0.4 is 0 Å². The Morgan fingerprint density at radius 3 is 2.79 bits per heavy atom. The van der Waals surface area contributed by atoms with Gasteiger partial charge in [-0.15, -0.1) is 0 Å². The largest absolute Gasteiger partial charge is 0.369 e. The third-order valence-corrected chi connectivity index (χ3v) is 2.97.